The van der Waals surface area contributed by atoms with E-state index in [9.17, 15) is 4.79 Å². The Labute approximate surface area is 75.6 Å². The van der Waals surface area contributed by atoms with Gasteiger partial charge in [-0.25, -0.2) is 9.97 Å². The van der Waals surface area contributed by atoms with E-state index in [0.29, 0.717) is 11.5 Å². The van der Waals surface area contributed by atoms with Crippen LogP contribution in [-0.2, 0) is 4.79 Å². The number of carbonyl (C=O) groups is 1. The van der Waals surface area contributed by atoms with E-state index in [4.69, 9.17) is 10.8 Å². The summed E-state index contributed by atoms with van der Waals surface area (Å²) in [5, 5.41) is 8.49. The third-order valence-corrected chi connectivity index (χ3v) is 1.57. The van der Waals surface area contributed by atoms with Crippen molar-refractivity contribution in [2.45, 2.75) is 19.4 Å². The summed E-state index contributed by atoms with van der Waals surface area (Å²) in [5.41, 5.74) is 6.16. The second-order valence-corrected chi connectivity index (χ2v) is 2.73. The first-order chi connectivity index (χ1) is 6.09. The molecule has 0 spiro atoms. The standard InChI is InChI=1S/C8H11N3O2/c1-5-10-3-2-7(11-5)6(9)4-8(12)13/h2-3,6H,4,9H2,1H3,(H,12,13). The van der Waals surface area contributed by atoms with E-state index in [0.717, 1.165) is 0 Å². The van der Waals surface area contributed by atoms with Crippen molar-refractivity contribution < 1.29 is 9.90 Å². The van der Waals surface area contributed by atoms with Gasteiger partial charge in [0.05, 0.1) is 18.2 Å². The highest BCUT2D eigenvalue weighted by Gasteiger charge is 2.11. The molecule has 0 aliphatic carbocycles. The summed E-state index contributed by atoms with van der Waals surface area (Å²) < 4.78 is 0. The van der Waals surface area contributed by atoms with Gasteiger partial charge in [-0.3, -0.25) is 4.79 Å². The smallest absolute Gasteiger partial charge is 0.305 e. The number of nitrogens with zero attached hydrogens (tertiary/aromatic N) is 2. The van der Waals surface area contributed by atoms with Crippen molar-refractivity contribution in [3.8, 4) is 0 Å². The Morgan fingerprint density at radius 3 is 3.00 bits per heavy atom. The molecule has 1 unspecified atom stereocenters. The summed E-state index contributed by atoms with van der Waals surface area (Å²) >= 11 is 0. The number of hydrogen-bond donors (Lipinski definition) is 2. The third-order valence-electron chi connectivity index (χ3n) is 1.57. The average molecular weight is 181 g/mol. The molecule has 1 rings (SSSR count). The molecular formula is C8H11N3O2. The van der Waals surface area contributed by atoms with Gasteiger partial charge >= 0.3 is 5.97 Å². The zero-order chi connectivity index (χ0) is 9.84. The lowest BCUT2D eigenvalue weighted by molar-refractivity contribution is -0.137. The van der Waals surface area contributed by atoms with Crippen LogP contribution in [0.2, 0.25) is 0 Å². The zero-order valence-corrected chi connectivity index (χ0v) is 7.27. The molecule has 0 saturated heterocycles. The van der Waals surface area contributed by atoms with Crippen LogP contribution in [0.25, 0.3) is 0 Å². The molecule has 1 atom stereocenters. The zero-order valence-electron chi connectivity index (χ0n) is 7.27. The van der Waals surface area contributed by atoms with Gasteiger partial charge in [-0.2, -0.15) is 0 Å². The minimum atomic E-state index is -0.927. The van der Waals surface area contributed by atoms with Crippen molar-refractivity contribution in [1.29, 1.82) is 0 Å². The minimum Gasteiger partial charge on any atom is -0.481 e. The third kappa shape index (κ3) is 2.79. The lowest BCUT2D eigenvalue weighted by atomic mass is 10.1. The van der Waals surface area contributed by atoms with Crippen molar-refractivity contribution in [2.75, 3.05) is 0 Å². The molecule has 0 aliphatic rings. The lowest BCUT2D eigenvalue weighted by Crippen LogP contribution is -2.16. The first-order valence-corrected chi connectivity index (χ1v) is 3.86. The summed E-state index contributed by atoms with van der Waals surface area (Å²) in [6.45, 7) is 1.73. The number of aromatic nitrogens is 2. The van der Waals surface area contributed by atoms with Gasteiger partial charge in [-0.05, 0) is 13.0 Å². The van der Waals surface area contributed by atoms with Gasteiger partial charge in [-0.15, -0.1) is 0 Å². The van der Waals surface area contributed by atoms with E-state index in [1.807, 2.05) is 0 Å². The Bertz CT molecular complexity index is 314. The van der Waals surface area contributed by atoms with Crippen LogP contribution in [-0.4, -0.2) is 21.0 Å². The van der Waals surface area contributed by atoms with E-state index in [1.54, 1.807) is 19.2 Å². The molecule has 1 aromatic rings. The first-order valence-electron chi connectivity index (χ1n) is 3.86. The van der Waals surface area contributed by atoms with Gasteiger partial charge in [0, 0.05) is 6.20 Å². The van der Waals surface area contributed by atoms with Gasteiger partial charge in [0.1, 0.15) is 5.82 Å². The topological polar surface area (TPSA) is 89.1 Å². The van der Waals surface area contributed by atoms with Crippen molar-refractivity contribution in [1.82, 2.24) is 9.97 Å². The van der Waals surface area contributed by atoms with Crippen LogP contribution in [0.3, 0.4) is 0 Å². The fourth-order valence-electron chi connectivity index (χ4n) is 0.974. The molecule has 0 radical (unpaired) electrons. The van der Waals surface area contributed by atoms with Gasteiger partial charge in [-0.1, -0.05) is 0 Å². The quantitative estimate of drug-likeness (QED) is 0.698. The molecule has 5 heteroatoms. The number of hydrogen-bond acceptors (Lipinski definition) is 4. The largest absolute Gasteiger partial charge is 0.481 e. The van der Waals surface area contributed by atoms with Crippen LogP contribution >= 0.6 is 0 Å². The number of rotatable bonds is 3. The lowest BCUT2D eigenvalue weighted by Gasteiger charge is -2.07. The molecule has 70 valence electrons. The van der Waals surface area contributed by atoms with Crippen LogP contribution in [0.15, 0.2) is 12.3 Å². The Morgan fingerprint density at radius 2 is 2.46 bits per heavy atom. The van der Waals surface area contributed by atoms with E-state index < -0.39 is 12.0 Å². The minimum absolute atomic E-state index is 0.115. The second-order valence-electron chi connectivity index (χ2n) is 2.73. The van der Waals surface area contributed by atoms with E-state index >= 15 is 0 Å². The molecule has 5 nitrogen and oxygen atoms in total. The molecule has 3 N–H and O–H groups in total. The van der Waals surface area contributed by atoms with Crippen molar-refractivity contribution in [3.63, 3.8) is 0 Å². The van der Waals surface area contributed by atoms with Crippen molar-refractivity contribution in [3.05, 3.63) is 23.8 Å². The number of aryl methyl sites for hydroxylation is 1. The molecule has 0 aromatic carbocycles. The van der Waals surface area contributed by atoms with Crippen LogP contribution in [0.4, 0.5) is 0 Å². The predicted octanol–water partition coefficient (Wildman–Crippen LogP) is 0.260. The summed E-state index contributed by atoms with van der Waals surface area (Å²) in [6, 6.07) is 1.07. The number of aliphatic carboxylic acids is 1. The van der Waals surface area contributed by atoms with Gasteiger partial charge in [0.25, 0.3) is 0 Å². The van der Waals surface area contributed by atoms with Crippen LogP contribution in [0.5, 0.6) is 0 Å². The van der Waals surface area contributed by atoms with Gasteiger partial charge < -0.3 is 10.8 Å². The monoisotopic (exact) mass is 181 g/mol. The molecule has 0 fully saturated rings. The summed E-state index contributed by atoms with van der Waals surface area (Å²) in [5.74, 6) is -0.331. The Balaban J connectivity index is 2.76. The molecule has 13 heavy (non-hydrogen) atoms. The molecule has 0 saturated carbocycles. The number of carboxylic acids is 1. The van der Waals surface area contributed by atoms with Crippen LogP contribution < -0.4 is 5.73 Å². The summed E-state index contributed by atoms with van der Waals surface area (Å²) in [4.78, 5) is 18.3. The summed E-state index contributed by atoms with van der Waals surface area (Å²) in [6.07, 6.45) is 1.45. The average Bonchev–Trinajstić information content (AvgIpc) is 2.03. The van der Waals surface area contributed by atoms with E-state index in [2.05, 4.69) is 9.97 Å². The Kier molecular flexibility index (Phi) is 2.92. The highest BCUT2D eigenvalue weighted by molar-refractivity contribution is 5.67. The number of nitrogens with two attached hydrogens (primary N) is 1. The fraction of sp³-hybridized carbons (Fsp3) is 0.375. The predicted molar refractivity (Wildman–Crippen MR) is 46.0 cm³/mol. The van der Waals surface area contributed by atoms with Crippen LogP contribution in [0.1, 0.15) is 24.0 Å². The highest BCUT2D eigenvalue weighted by atomic mass is 16.4. The van der Waals surface area contributed by atoms with Gasteiger partial charge in [0.15, 0.2) is 0 Å². The van der Waals surface area contributed by atoms with Crippen LogP contribution in [0, 0.1) is 6.92 Å². The molecule has 0 aliphatic heterocycles. The van der Waals surface area contributed by atoms with Gasteiger partial charge in [0.2, 0.25) is 0 Å². The van der Waals surface area contributed by atoms with E-state index in [-0.39, 0.29) is 6.42 Å². The fourth-order valence-corrected chi connectivity index (χ4v) is 0.974. The second kappa shape index (κ2) is 3.95. The molecule has 0 amide bonds. The highest BCUT2D eigenvalue weighted by Crippen LogP contribution is 2.09. The maximum atomic E-state index is 10.3. The molecular weight excluding hydrogens is 170 g/mol. The normalized spacial score (nSPS) is 12.5. The first kappa shape index (κ1) is 9.60. The Morgan fingerprint density at radius 1 is 1.77 bits per heavy atom. The summed E-state index contributed by atoms with van der Waals surface area (Å²) in [7, 11) is 0. The number of carboxylic acid groups (broad SMARTS) is 1. The molecule has 1 heterocycles. The SMILES string of the molecule is Cc1nccc(C(N)CC(=O)O)n1. The maximum Gasteiger partial charge on any atom is 0.305 e. The Hall–Kier alpha value is -1.49. The molecule has 0 bridgehead atoms. The molecule has 1 aromatic heterocycles. The maximum absolute atomic E-state index is 10.3. The van der Waals surface area contributed by atoms with Crippen molar-refractivity contribution in [2.24, 2.45) is 5.73 Å². The van der Waals surface area contributed by atoms with Crippen molar-refractivity contribution >= 4 is 5.97 Å². The van der Waals surface area contributed by atoms with E-state index in [1.165, 1.54) is 0 Å².